The van der Waals surface area contributed by atoms with Crippen LogP contribution in [0, 0.1) is 5.82 Å². The Hall–Kier alpha value is -0.510. The van der Waals surface area contributed by atoms with Crippen LogP contribution >= 0.6 is 15.9 Å². The molecule has 2 rings (SSSR count). The van der Waals surface area contributed by atoms with Crippen LogP contribution in [0.15, 0.2) is 4.73 Å². The van der Waals surface area contributed by atoms with E-state index in [-0.39, 0.29) is 11.2 Å². The topological polar surface area (TPSA) is 25.8 Å². The molecule has 1 aromatic rings. The minimum atomic E-state index is -0.279. The first-order valence-corrected chi connectivity index (χ1v) is 5.92. The number of hydrogen-bond donors (Lipinski definition) is 0. The molecule has 1 heterocycles. The first-order valence-electron chi connectivity index (χ1n) is 5.13. The van der Waals surface area contributed by atoms with Gasteiger partial charge in [-0.3, -0.25) is 0 Å². The largest absolute Gasteiger partial charge is 0.224 e. The monoisotopic (exact) mass is 272 g/mol. The summed E-state index contributed by atoms with van der Waals surface area (Å²) in [7, 11) is 0. The van der Waals surface area contributed by atoms with E-state index in [4.69, 9.17) is 0 Å². The summed E-state index contributed by atoms with van der Waals surface area (Å²) in [6.07, 6.45) is 2.09. The van der Waals surface area contributed by atoms with Gasteiger partial charge in [-0.2, -0.15) is 0 Å². The SMILES string of the molecule is CC(C)(C)c1nc(Br)nc(C2CC2)c1F. The second-order valence-corrected chi connectivity index (χ2v) is 5.77. The number of hydrogen-bond acceptors (Lipinski definition) is 2. The summed E-state index contributed by atoms with van der Waals surface area (Å²) in [5.41, 5.74) is 0.812. The molecule has 2 nitrogen and oxygen atoms in total. The van der Waals surface area contributed by atoms with E-state index >= 15 is 0 Å². The van der Waals surface area contributed by atoms with Gasteiger partial charge in [0.15, 0.2) is 10.6 Å². The quantitative estimate of drug-likeness (QED) is 0.731. The molecule has 0 saturated heterocycles. The van der Waals surface area contributed by atoms with Crippen LogP contribution in [0.4, 0.5) is 4.39 Å². The summed E-state index contributed by atoms with van der Waals surface area (Å²) >= 11 is 3.25. The normalized spacial score (nSPS) is 16.9. The van der Waals surface area contributed by atoms with Crippen molar-refractivity contribution in [2.24, 2.45) is 0 Å². The molecule has 0 radical (unpaired) electrons. The van der Waals surface area contributed by atoms with Crippen LogP contribution in [0.5, 0.6) is 0 Å². The van der Waals surface area contributed by atoms with Gasteiger partial charge >= 0.3 is 0 Å². The number of halogens is 2. The highest BCUT2D eigenvalue weighted by molar-refractivity contribution is 9.10. The molecule has 0 bridgehead atoms. The summed E-state index contributed by atoms with van der Waals surface area (Å²) in [5, 5.41) is 0. The zero-order chi connectivity index (χ0) is 11.2. The van der Waals surface area contributed by atoms with Crippen LogP contribution in [0.1, 0.15) is 50.9 Å². The predicted octanol–water partition coefficient (Wildman–Crippen LogP) is 3.55. The molecule has 0 aliphatic heterocycles. The molecule has 0 aromatic carbocycles. The third-order valence-corrected chi connectivity index (χ3v) is 2.88. The van der Waals surface area contributed by atoms with Gasteiger partial charge in [0.25, 0.3) is 0 Å². The Bertz CT molecular complexity index is 394. The van der Waals surface area contributed by atoms with Crippen LogP contribution in [0.2, 0.25) is 0 Å². The molecule has 15 heavy (non-hydrogen) atoms. The van der Waals surface area contributed by atoms with Crippen LogP contribution in [-0.2, 0) is 5.41 Å². The summed E-state index contributed by atoms with van der Waals surface area (Å²) in [4.78, 5) is 8.28. The van der Waals surface area contributed by atoms with Gasteiger partial charge < -0.3 is 0 Å². The Balaban J connectivity index is 2.54. The Kier molecular flexibility index (Phi) is 2.57. The highest BCUT2D eigenvalue weighted by atomic mass is 79.9. The second kappa shape index (κ2) is 3.51. The maximum absolute atomic E-state index is 14.1. The molecule has 0 amide bonds. The van der Waals surface area contributed by atoms with Crippen LogP contribution < -0.4 is 0 Å². The molecule has 0 atom stereocenters. The van der Waals surface area contributed by atoms with Gasteiger partial charge in [-0.1, -0.05) is 20.8 Å². The minimum absolute atomic E-state index is 0.215. The third-order valence-electron chi connectivity index (χ3n) is 2.52. The lowest BCUT2D eigenvalue weighted by Gasteiger charge is -2.19. The van der Waals surface area contributed by atoms with Crippen molar-refractivity contribution < 1.29 is 4.39 Å². The zero-order valence-corrected chi connectivity index (χ0v) is 10.7. The van der Waals surface area contributed by atoms with E-state index < -0.39 is 0 Å². The standard InChI is InChI=1S/C11H14BrFN2/c1-11(2,3)9-7(13)8(6-4-5-6)14-10(12)15-9/h6H,4-5H2,1-3H3. The van der Waals surface area contributed by atoms with E-state index in [1.807, 2.05) is 20.8 Å². The molecule has 1 fully saturated rings. The Morgan fingerprint density at radius 3 is 2.33 bits per heavy atom. The van der Waals surface area contributed by atoms with Gasteiger partial charge in [0, 0.05) is 11.3 Å². The summed E-state index contributed by atoms with van der Waals surface area (Å²) in [5.74, 6) is 0.0959. The highest BCUT2D eigenvalue weighted by Gasteiger charge is 2.32. The molecular weight excluding hydrogens is 259 g/mol. The maximum atomic E-state index is 14.1. The van der Waals surface area contributed by atoms with E-state index in [0.29, 0.717) is 22.0 Å². The van der Waals surface area contributed by atoms with Crippen molar-refractivity contribution in [2.75, 3.05) is 0 Å². The van der Waals surface area contributed by atoms with Crippen molar-refractivity contribution in [3.63, 3.8) is 0 Å². The Morgan fingerprint density at radius 2 is 1.87 bits per heavy atom. The number of nitrogens with zero attached hydrogens (tertiary/aromatic N) is 2. The van der Waals surface area contributed by atoms with Crippen LogP contribution in [-0.4, -0.2) is 9.97 Å². The van der Waals surface area contributed by atoms with Crippen LogP contribution in [0.3, 0.4) is 0 Å². The molecule has 1 aliphatic rings. The average Bonchev–Trinajstić information content (AvgIpc) is 2.89. The molecule has 0 spiro atoms. The van der Waals surface area contributed by atoms with E-state index in [1.54, 1.807) is 0 Å². The number of aromatic nitrogens is 2. The van der Waals surface area contributed by atoms with Crippen molar-refractivity contribution in [3.8, 4) is 0 Å². The molecule has 0 unspecified atom stereocenters. The average molecular weight is 273 g/mol. The first kappa shape index (κ1) is 11.0. The second-order valence-electron chi connectivity index (χ2n) is 5.06. The molecular formula is C11H14BrFN2. The van der Waals surface area contributed by atoms with E-state index in [2.05, 4.69) is 25.9 Å². The molecule has 82 valence electrons. The minimum Gasteiger partial charge on any atom is -0.224 e. The Morgan fingerprint density at radius 1 is 1.27 bits per heavy atom. The Labute approximate surface area is 97.5 Å². The van der Waals surface area contributed by atoms with Gasteiger partial charge in [0.05, 0.1) is 11.4 Å². The molecule has 1 aliphatic carbocycles. The zero-order valence-electron chi connectivity index (χ0n) is 9.14. The summed E-state index contributed by atoms with van der Waals surface area (Å²) in [6.45, 7) is 5.88. The third kappa shape index (κ3) is 2.19. The van der Waals surface area contributed by atoms with Gasteiger partial charge in [0.2, 0.25) is 0 Å². The lowest BCUT2D eigenvalue weighted by Crippen LogP contribution is -2.18. The fraction of sp³-hybridized carbons (Fsp3) is 0.636. The summed E-state index contributed by atoms with van der Waals surface area (Å²) < 4.78 is 14.6. The van der Waals surface area contributed by atoms with Gasteiger partial charge in [-0.25, -0.2) is 14.4 Å². The van der Waals surface area contributed by atoms with Crippen molar-refractivity contribution in [3.05, 3.63) is 21.9 Å². The lowest BCUT2D eigenvalue weighted by molar-refractivity contribution is 0.486. The maximum Gasteiger partial charge on any atom is 0.197 e. The fourth-order valence-electron chi connectivity index (χ4n) is 1.56. The van der Waals surface area contributed by atoms with Gasteiger partial charge in [0.1, 0.15) is 0 Å². The highest BCUT2D eigenvalue weighted by Crippen LogP contribution is 2.42. The van der Waals surface area contributed by atoms with E-state index in [9.17, 15) is 4.39 Å². The van der Waals surface area contributed by atoms with Crippen molar-refractivity contribution >= 4 is 15.9 Å². The molecule has 4 heteroatoms. The van der Waals surface area contributed by atoms with Gasteiger partial charge in [-0.05, 0) is 28.8 Å². The number of rotatable bonds is 1. The molecule has 0 N–H and O–H groups in total. The van der Waals surface area contributed by atoms with E-state index in [0.717, 1.165) is 12.8 Å². The fourth-order valence-corrected chi connectivity index (χ4v) is 1.93. The predicted molar refractivity (Wildman–Crippen MR) is 60.4 cm³/mol. The van der Waals surface area contributed by atoms with Crippen molar-refractivity contribution in [2.45, 2.75) is 44.9 Å². The van der Waals surface area contributed by atoms with Gasteiger partial charge in [-0.15, -0.1) is 0 Å². The summed E-state index contributed by atoms with van der Waals surface area (Å²) in [6, 6.07) is 0. The first-order chi connectivity index (χ1) is 6.89. The van der Waals surface area contributed by atoms with Crippen LogP contribution in [0.25, 0.3) is 0 Å². The molecule has 1 aromatic heterocycles. The van der Waals surface area contributed by atoms with Crippen molar-refractivity contribution in [1.29, 1.82) is 0 Å². The smallest absolute Gasteiger partial charge is 0.197 e. The van der Waals surface area contributed by atoms with Crippen molar-refractivity contribution in [1.82, 2.24) is 9.97 Å². The van der Waals surface area contributed by atoms with E-state index in [1.165, 1.54) is 0 Å². The lowest BCUT2D eigenvalue weighted by atomic mass is 9.91. The molecule has 1 saturated carbocycles.